The summed E-state index contributed by atoms with van der Waals surface area (Å²) >= 11 is 0. The maximum absolute atomic E-state index is 11.3. The SMILES string of the molecule is CC(=O)OCc1c(B(O)O)ccnc1N1CCn2c(cc3c2CCCC3)C1. The van der Waals surface area contributed by atoms with Crippen LogP contribution in [-0.4, -0.2) is 39.2 Å². The third-order valence-electron chi connectivity index (χ3n) is 5.51. The quantitative estimate of drug-likeness (QED) is 0.604. The van der Waals surface area contributed by atoms with Crippen LogP contribution in [0, 0.1) is 0 Å². The van der Waals surface area contributed by atoms with Crippen LogP contribution in [0.2, 0.25) is 0 Å². The van der Waals surface area contributed by atoms with Gasteiger partial charge in [0.05, 0.1) is 6.54 Å². The smallest absolute Gasteiger partial charge is 0.461 e. The number of anilines is 1. The summed E-state index contributed by atoms with van der Waals surface area (Å²) in [5, 5.41) is 19.5. The minimum atomic E-state index is -1.64. The molecule has 0 amide bonds. The van der Waals surface area contributed by atoms with E-state index < -0.39 is 13.1 Å². The zero-order valence-corrected chi connectivity index (χ0v) is 15.5. The number of carbonyl (C=O) groups excluding carboxylic acids is 1. The number of esters is 1. The Morgan fingerprint density at radius 1 is 1.30 bits per heavy atom. The number of nitrogens with zero attached hydrogens (tertiary/aromatic N) is 3. The first-order valence-electron chi connectivity index (χ1n) is 9.47. The average Bonchev–Trinajstić information content (AvgIpc) is 3.03. The van der Waals surface area contributed by atoms with Crippen LogP contribution in [0.1, 0.15) is 42.3 Å². The fraction of sp³-hybridized carbons (Fsp3) is 0.474. The number of carbonyl (C=O) groups is 1. The Bertz CT molecular complexity index is 865. The molecule has 8 heteroatoms. The van der Waals surface area contributed by atoms with Crippen molar-refractivity contribution < 1.29 is 19.6 Å². The minimum absolute atomic E-state index is 0.0283. The van der Waals surface area contributed by atoms with Crippen molar-refractivity contribution in [1.82, 2.24) is 9.55 Å². The van der Waals surface area contributed by atoms with Gasteiger partial charge in [-0.2, -0.15) is 0 Å². The van der Waals surface area contributed by atoms with Gasteiger partial charge in [0.15, 0.2) is 0 Å². The highest BCUT2D eigenvalue weighted by molar-refractivity contribution is 6.59. The van der Waals surface area contributed by atoms with Crippen molar-refractivity contribution in [2.45, 2.75) is 52.3 Å². The number of aromatic nitrogens is 2. The van der Waals surface area contributed by atoms with Crippen molar-refractivity contribution in [2.75, 3.05) is 11.4 Å². The molecule has 0 spiro atoms. The monoisotopic (exact) mass is 369 g/mol. The Kier molecular flexibility index (Phi) is 4.93. The van der Waals surface area contributed by atoms with E-state index in [4.69, 9.17) is 4.74 Å². The second kappa shape index (κ2) is 7.36. The molecule has 2 aromatic heterocycles. The minimum Gasteiger partial charge on any atom is -0.461 e. The molecule has 0 unspecified atom stereocenters. The fourth-order valence-electron chi connectivity index (χ4n) is 4.25. The van der Waals surface area contributed by atoms with Crippen molar-refractivity contribution in [3.8, 4) is 0 Å². The van der Waals surface area contributed by atoms with Crippen LogP contribution in [0.25, 0.3) is 0 Å². The van der Waals surface area contributed by atoms with Crippen LogP contribution < -0.4 is 10.4 Å². The zero-order valence-electron chi connectivity index (χ0n) is 15.5. The Hall–Kier alpha value is -2.32. The van der Waals surface area contributed by atoms with Gasteiger partial charge in [0, 0.05) is 43.2 Å². The lowest BCUT2D eigenvalue weighted by Crippen LogP contribution is -2.39. The maximum Gasteiger partial charge on any atom is 0.489 e. The lowest BCUT2D eigenvalue weighted by Gasteiger charge is -2.32. The van der Waals surface area contributed by atoms with E-state index in [0.717, 1.165) is 25.9 Å². The van der Waals surface area contributed by atoms with Crippen LogP contribution in [-0.2, 0) is 42.1 Å². The number of aryl methyl sites for hydroxylation is 1. The second-order valence-electron chi connectivity index (χ2n) is 7.24. The summed E-state index contributed by atoms with van der Waals surface area (Å²) in [5.41, 5.74) is 5.08. The average molecular weight is 369 g/mol. The van der Waals surface area contributed by atoms with Gasteiger partial charge < -0.3 is 24.3 Å². The molecule has 1 aliphatic carbocycles. The molecule has 7 nitrogen and oxygen atoms in total. The molecule has 2 N–H and O–H groups in total. The summed E-state index contributed by atoms with van der Waals surface area (Å²) in [6, 6.07) is 3.86. The molecule has 4 rings (SSSR count). The summed E-state index contributed by atoms with van der Waals surface area (Å²) in [5.74, 6) is 0.232. The maximum atomic E-state index is 11.3. The van der Waals surface area contributed by atoms with Gasteiger partial charge in [-0.15, -0.1) is 0 Å². The van der Waals surface area contributed by atoms with Gasteiger partial charge in [0.1, 0.15) is 12.4 Å². The molecule has 0 saturated carbocycles. The summed E-state index contributed by atoms with van der Waals surface area (Å²) in [6.07, 6.45) is 6.38. The molecular weight excluding hydrogens is 345 g/mol. The Morgan fingerprint density at radius 3 is 2.89 bits per heavy atom. The van der Waals surface area contributed by atoms with Gasteiger partial charge in [-0.05, 0) is 48.8 Å². The first-order chi connectivity index (χ1) is 13.0. The van der Waals surface area contributed by atoms with Crippen molar-refractivity contribution in [2.24, 2.45) is 0 Å². The first-order valence-corrected chi connectivity index (χ1v) is 9.47. The van der Waals surface area contributed by atoms with Crippen LogP contribution in [0.15, 0.2) is 18.3 Å². The summed E-state index contributed by atoms with van der Waals surface area (Å²) < 4.78 is 7.58. The normalized spacial score (nSPS) is 15.9. The van der Waals surface area contributed by atoms with Crippen molar-refractivity contribution in [1.29, 1.82) is 0 Å². The molecular formula is C19H24BN3O4. The predicted molar refractivity (Wildman–Crippen MR) is 102 cm³/mol. The number of hydrogen-bond acceptors (Lipinski definition) is 6. The lowest BCUT2D eigenvalue weighted by molar-refractivity contribution is -0.142. The molecule has 0 aromatic carbocycles. The third kappa shape index (κ3) is 3.47. The van der Waals surface area contributed by atoms with E-state index in [-0.39, 0.29) is 6.61 Å². The van der Waals surface area contributed by atoms with Crippen molar-refractivity contribution >= 4 is 24.4 Å². The van der Waals surface area contributed by atoms with E-state index in [0.29, 0.717) is 23.4 Å². The van der Waals surface area contributed by atoms with Crippen LogP contribution >= 0.6 is 0 Å². The van der Waals surface area contributed by atoms with Gasteiger partial charge in [-0.3, -0.25) is 4.79 Å². The predicted octanol–water partition coefficient (Wildman–Crippen LogP) is 0.525. The summed E-state index contributed by atoms with van der Waals surface area (Å²) in [7, 11) is -1.64. The van der Waals surface area contributed by atoms with Gasteiger partial charge in [-0.1, -0.05) is 0 Å². The van der Waals surface area contributed by atoms with Gasteiger partial charge in [-0.25, -0.2) is 4.98 Å². The number of pyridine rings is 1. The van der Waals surface area contributed by atoms with E-state index in [2.05, 4.69) is 20.5 Å². The standard InChI is InChI=1S/C19H24BN3O4/c1-13(24)27-12-16-17(20(25)26)6-7-21-19(16)22-8-9-23-15(11-22)10-14-4-2-3-5-18(14)23/h6-7,10,25-26H,2-5,8-9,11-12H2,1H3. The molecule has 2 aliphatic rings. The van der Waals surface area contributed by atoms with E-state index in [9.17, 15) is 14.8 Å². The van der Waals surface area contributed by atoms with Crippen LogP contribution in [0.5, 0.6) is 0 Å². The van der Waals surface area contributed by atoms with Gasteiger partial charge in [0.2, 0.25) is 0 Å². The van der Waals surface area contributed by atoms with Crippen LogP contribution in [0.4, 0.5) is 5.82 Å². The highest BCUT2D eigenvalue weighted by Crippen LogP contribution is 2.30. The molecule has 0 saturated heterocycles. The molecule has 27 heavy (non-hydrogen) atoms. The Morgan fingerprint density at radius 2 is 2.11 bits per heavy atom. The summed E-state index contributed by atoms with van der Waals surface area (Å²) in [6.45, 7) is 3.67. The molecule has 0 fully saturated rings. The summed E-state index contributed by atoms with van der Waals surface area (Å²) in [4.78, 5) is 17.9. The third-order valence-corrected chi connectivity index (χ3v) is 5.51. The van der Waals surface area contributed by atoms with E-state index in [1.807, 2.05) is 0 Å². The topological polar surface area (TPSA) is 87.8 Å². The molecule has 3 heterocycles. The fourth-order valence-corrected chi connectivity index (χ4v) is 4.25. The highest BCUT2D eigenvalue weighted by atomic mass is 16.5. The Labute approximate surface area is 158 Å². The lowest BCUT2D eigenvalue weighted by atomic mass is 9.77. The molecule has 142 valence electrons. The largest absolute Gasteiger partial charge is 0.489 e. The van der Waals surface area contributed by atoms with E-state index in [1.165, 1.54) is 36.7 Å². The van der Waals surface area contributed by atoms with E-state index in [1.54, 1.807) is 12.3 Å². The molecule has 2 aromatic rings. The van der Waals surface area contributed by atoms with Gasteiger partial charge in [0.25, 0.3) is 0 Å². The van der Waals surface area contributed by atoms with Crippen molar-refractivity contribution in [3.63, 3.8) is 0 Å². The first kappa shape index (κ1) is 18.1. The molecule has 1 aliphatic heterocycles. The number of ether oxygens (including phenoxy) is 1. The van der Waals surface area contributed by atoms with Crippen molar-refractivity contribution in [3.05, 3.63) is 40.8 Å². The number of fused-ring (bicyclic) bond motifs is 3. The van der Waals surface area contributed by atoms with E-state index >= 15 is 0 Å². The van der Waals surface area contributed by atoms with Crippen LogP contribution in [0.3, 0.4) is 0 Å². The highest BCUT2D eigenvalue weighted by Gasteiger charge is 2.27. The molecule has 0 atom stereocenters. The number of hydrogen-bond donors (Lipinski definition) is 2. The number of rotatable bonds is 4. The second-order valence-corrected chi connectivity index (χ2v) is 7.24. The molecule has 0 bridgehead atoms. The van der Waals surface area contributed by atoms with Gasteiger partial charge >= 0.3 is 13.1 Å². The Balaban J connectivity index is 1.66. The zero-order chi connectivity index (χ0) is 19.0. The molecule has 0 radical (unpaired) electrons.